The summed E-state index contributed by atoms with van der Waals surface area (Å²) in [7, 11) is 0. The molecule has 0 radical (unpaired) electrons. The van der Waals surface area contributed by atoms with E-state index in [1.165, 1.54) is 12.1 Å². The third-order valence-electron chi connectivity index (χ3n) is 1.77. The number of aromatic nitrogens is 2. The standard InChI is InChI=1S/C9H6Cl2FN3O/c10-4-7-14-15-9(16-7)13-6-3-1-2-5(11)8(6)12/h1-3H,4H2,(H,13,15). The zero-order valence-corrected chi connectivity index (χ0v) is 9.39. The average molecular weight is 262 g/mol. The molecule has 0 saturated heterocycles. The summed E-state index contributed by atoms with van der Waals surface area (Å²) >= 11 is 11.1. The van der Waals surface area contributed by atoms with Crippen LogP contribution in [-0.4, -0.2) is 10.2 Å². The van der Waals surface area contributed by atoms with E-state index in [9.17, 15) is 4.39 Å². The molecule has 0 bridgehead atoms. The van der Waals surface area contributed by atoms with Gasteiger partial charge in [0.15, 0.2) is 5.82 Å². The Morgan fingerprint density at radius 1 is 1.38 bits per heavy atom. The van der Waals surface area contributed by atoms with Crippen molar-refractivity contribution in [2.24, 2.45) is 0 Å². The molecular formula is C9H6Cl2FN3O. The fourth-order valence-electron chi connectivity index (χ4n) is 1.07. The van der Waals surface area contributed by atoms with Gasteiger partial charge in [-0.05, 0) is 12.1 Å². The van der Waals surface area contributed by atoms with Crippen molar-refractivity contribution < 1.29 is 8.81 Å². The Morgan fingerprint density at radius 3 is 2.88 bits per heavy atom. The molecule has 1 aromatic carbocycles. The van der Waals surface area contributed by atoms with Crippen molar-refractivity contribution in [2.45, 2.75) is 5.88 Å². The zero-order chi connectivity index (χ0) is 11.5. The van der Waals surface area contributed by atoms with Gasteiger partial charge >= 0.3 is 6.01 Å². The number of rotatable bonds is 3. The predicted octanol–water partition coefficient (Wildman–Crippen LogP) is 3.34. The summed E-state index contributed by atoms with van der Waals surface area (Å²) in [4.78, 5) is 0. The Bertz CT molecular complexity index is 503. The van der Waals surface area contributed by atoms with E-state index in [0.717, 1.165) is 0 Å². The second-order valence-electron chi connectivity index (χ2n) is 2.86. The number of benzene rings is 1. The van der Waals surface area contributed by atoms with Crippen molar-refractivity contribution in [1.82, 2.24) is 10.2 Å². The maximum Gasteiger partial charge on any atom is 0.320 e. The highest BCUT2D eigenvalue weighted by molar-refractivity contribution is 6.31. The fraction of sp³-hybridized carbons (Fsp3) is 0.111. The first kappa shape index (κ1) is 11.2. The zero-order valence-electron chi connectivity index (χ0n) is 7.88. The van der Waals surface area contributed by atoms with E-state index < -0.39 is 5.82 Å². The molecule has 0 unspecified atom stereocenters. The van der Waals surface area contributed by atoms with Crippen LogP contribution < -0.4 is 5.32 Å². The lowest BCUT2D eigenvalue weighted by molar-refractivity contribution is 0.529. The molecule has 0 fully saturated rings. The van der Waals surface area contributed by atoms with Crippen LogP contribution in [0.3, 0.4) is 0 Å². The maximum absolute atomic E-state index is 13.5. The van der Waals surface area contributed by atoms with Gasteiger partial charge in [0.25, 0.3) is 0 Å². The van der Waals surface area contributed by atoms with Crippen LogP contribution in [0, 0.1) is 5.82 Å². The SMILES string of the molecule is Fc1c(Cl)cccc1Nc1nnc(CCl)o1. The van der Waals surface area contributed by atoms with Crippen LogP contribution in [0.25, 0.3) is 0 Å². The van der Waals surface area contributed by atoms with E-state index in [4.69, 9.17) is 27.6 Å². The van der Waals surface area contributed by atoms with Crippen LogP contribution in [-0.2, 0) is 5.88 Å². The van der Waals surface area contributed by atoms with Crippen molar-refractivity contribution >= 4 is 34.9 Å². The highest BCUT2D eigenvalue weighted by atomic mass is 35.5. The van der Waals surface area contributed by atoms with Gasteiger partial charge in [0.2, 0.25) is 5.89 Å². The highest BCUT2D eigenvalue weighted by Crippen LogP contribution is 2.24. The topological polar surface area (TPSA) is 51.0 Å². The Balaban J connectivity index is 2.23. The number of alkyl halides is 1. The summed E-state index contributed by atoms with van der Waals surface area (Å²) in [5, 5.41) is 9.87. The number of hydrogen-bond donors (Lipinski definition) is 1. The van der Waals surface area contributed by atoms with Crippen LogP contribution in [0.15, 0.2) is 22.6 Å². The van der Waals surface area contributed by atoms with Crippen molar-refractivity contribution in [1.29, 1.82) is 0 Å². The van der Waals surface area contributed by atoms with Gasteiger partial charge in [0.05, 0.1) is 10.7 Å². The molecular weight excluding hydrogens is 256 g/mol. The van der Waals surface area contributed by atoms with Gasteiger partial charge < -0.3 is 9.73 Å². The van der Waals surface area contributed by atoms with Crippen LogP contribution >= 0.6 is 23.2 Å². The summed E-state index contributed by atoms with van der Waals surface area (Å²) < 4.78 is 18.5. The van der Waals surface area contributed by atoms with E-state index in [0.29, 0.717) is 0 Å². The molecule has 0 amide bonds. The Labute approximate surface area is 100 Å². The summed E-state index contributed by atoms with van der Waals surface area (Å²) in [6, 6.07) is 4.62. The van der Waals surface area contributed by atoms with E-state index in [2.05, 4.69) is 15.5 Å². The first-order chi connectivity index (χ1) is 7.70. The van der Waals surface area contributed by atoms with Gasteiger partial charge in [0, 0.05) is 0 Å². The largest absolute Gasteiger partial charge is 0.407 e. The van der Waals surface area contributed by atoms with Crippen LogP contribution in [0.1, 0.15) is 5.89 Å². The third kappa shape index (κ3) is 2.25. The summed E-state index contributed by atoms with van der Waals surface area (Å²) in [5.41, 5.74) is 0.164. The fourth-order valence-corrected chi connectivity index (χ4v) is 1.36. The summed E-state index contributed by atoms with van der Waals surface area (Å²) in [6.07, 6.45) is 0. The second kappa shape index (κ2) is 4.67. The highest BCUT2D eigenvalue weighted by Gasteiger charge is 2.10. The number of halogens is 3. The lowest BCUT2D eigenvalue weighted by Gasteiger charge is -2.03. The smallest absolute Gasteiger partial charge is 0.320 e. The van der Waals surface area contributed by atoms with Gasteiger partial charge in [-0.3, -0.25) is 0 Å². The molecule has 16 heavy (non-hydrogen) atoms. The van der Waals surface area contributed by atoms with Crippen molar-refractivity contribution in [3.8, 4) is 0 Å². The van der Waals surface area contributed by atoms with Crippen molar-refractivity contribution in [3.63, 3.8) is 0 Å². The van der Waals surface area contributed by atoms with Gasteiger partial charge in [-0.2, -0.15) is 0 Å². The minimum Gasteiger partial charge on any atom is -0.407 e. The van der Waals surface area contributed by atoms with Crippen molar-refractivity contribution in [2.75, 3.05) is 5.32 Å². The molecule has 1 heterocycles. The lowest BCUT2D eigenvalue weighted by atomic mass is 10.3. The first-order valence-corrected chi connectivity index (χ1v) is 5.21. The van der Waals surface area contributed by atoms with E-state index >= 15 is 0 Å². The lowest BCUT2D eigenvalue weighted by Crippen LogP contribution is -1.94. The Morgan fingerprint density at radius 2 is 2.19 bits per heavy atom. The molecule has 2 rings (SSSR count). The molecule has 1 N–H and O–H groups in total. The minimum absolute atomic E-state index is 0.0158. The molecule has 0 atom stereocenters. The van der Waals surface area contributed by atoms with Gasteiger partial charge in [-0.15, -0.1) is 16.7 Å². The van der Waals surface area contributed by atoms with Crippen LogP contribution in [0.5, 0.6) is 0 Å². The quantitative estimate of drug-likeness (QED) is 0.862. The normalized spacial score (nSPS) is 10.4. The van der Waals surface area contributed by atoms with E-state index in [1.54, 1.807) is 6.07 Å². The van der Waals surface area contributed by atoms with Crippen molar-refractivity contribution in [3.05, 3.63) is 34.9 Å². The molecule has 0 aliphatic heterocycles. The van der Waals surface area contributed by atoms with Crippen LogP contribution in [0.4, 0.5) is 16.1 Å². The molecule has 0 aliphatic rings. The average Bonchev–Trinajstić information content (AvgIpc) is 2.73. The Hall–Kier alpha value is -1.33. The van der Waals surface area contributed by atoms with Gasteiger partial charge in [-0.25, -0.2) is 4.39 Å². The molecule has 0 aliphatic carbocycles. The minimum atomic E-state index is -0.574. The Kier molecular flexibility index (Phi) is 3.26. The monoisotopic (exact) mass is 261 g/mol. The molecule has 4 nitrogen and oxygen atoms in total. The van der Waals surface area contributed by atoms with E-state index in [1.807, 2.05) is 0 Å². The van der Waals surface area contributed by atoms with Crippen LogP contribution in [0.2, 0.25) is 5.02 Å². The van der Waals surface area contributed by atoms with Gasteiger partial charge in [-0.1, -0.05) is 22.8 Å². The number of nitrogens with zero attached hydrogens (tertiary/aromatic N) is 2. The summed E-state index contributed by atoms with van der Waals surface area (Å²) in [5.74, 6) is -0.214. The number of anilines is 2. The predicted molar refractivity (Wildman–Crippen MR) is 58.5 cm³/mol. The summed E-state index contributed by atoms with van der Waals surface area (Å²) in [6.45, 7) is 0. The second-order valence-corrected chi connectivity index (χ2v) is 3.54. The third-order valence-corrected chi connectivity index (χ3v) is 2.29. The van der Waals surface area contributed by atoms with Gasteiger partial charge in [0.1, 0.15) is 5.88 Å². The maximum atomic E-state index is 13.5. The molecule has 84 valence electrons. The number of hydrogen-bond acceptors (Lipinski definition) is 4. The molecule has 0 spiro atoms. The molecule has 1 aromatic heterocycles. The molecule has 0 saturated carbocycles. The first-order valence-electron chi connectivity index (χ1n) is 4.30. The molecule has 2 aromatic rings. The molecule has 7 heteroatoms. The number of nitrogens with one attached hydrogen (secondary N) is 1. The van der Waals surface area contributed by atoms with E-state index in [-0.39, 0.29) is 28.5 Å².